The molecule has 1 aromatic carbocycles. The van der Waals surface area contributed by atoms with Crippen LogP contribution in [0.4, 0.5) is 4.39 Å². The molecule has 1 unspecified atom stereocenters. The molecule has 0 aliphatic rings. The van der Waals surface area contributed by atoms with Crippen LogP contribution in [0.2, 0.25) is 0 Å². The predicted molar refractivity (Wildman–Crippen MR) is 48.6 cm³/mol. The van der Waals surface area contributed by atoms with Gasteiger partial charge in [-0.05, 0) is 6.07 Å². The number of aliphatic hydroxyl groups is 1. The molecule has 78 valence electrons. The van der Waals surface area contributed by atoms with Gasteiger partial charge in [0.1, 0.15) is 5.82 Å². The van der Waals surface area contributed by atoms with Crippen LogP contribution in [0.5, 0.6) is 11.5 Å². The van der Waals surface area contributed by atoms with Crippen molar-refractivity contribution >= 4 is 0 Å². The highest BCUT2D eigenvalue weighted by Crippen LogP contribution is 2.33. The van der Waals surface area contributed by atoms with Crippen molar-refractivity contribution in [3.63, 3.8) is 0 Å². The van der Waals surface area contributed by atoms with Crippen LogP contribution in [0, 0.1) is 5.82 Å². The summed E-state index contributed by atoms with van der Waals surface area (Å²) >= 11 is 0. The quantitative estimate of drug-likeness (QED) is 0.666. The minimum Gasteiger partial charge on any atom is -0.504 e. The summed E-state index contributed by atoms with van der Waals surface area (Å²) in [6.45, 7) is -0.375. The van der Waals surface area contributed by atoms with Crippen molar-refractivity contribution < 1.29 is 19.3 Å². The smallest absolute Gasteiger partial charge is 0.163 e. The van der Waals surface area contributed by atoms with E-state index < -0.39 is 11.9 Å². The van der Waals surface area contributed by atoms with Gasteiger partial charge >= 0.3 is 0 Å². The zero-order chi connectivity index (χ0) is 10.7. The standard InChI is InChI=1S/C9H12FNO3/c1-14-8-3-5(10)2-6(9(8)13)7(11)4-12/h2-3,7,12-13H,4,11H2,1H3. The van der Waals surface area contributed by atoms with Crippen LogP contribution in [0.15, 0.2) is 12.1 Å². The summed E-state index contributed by atoms with van der Waals surface area (Å²) in [6.07, 6.45) is 0. The lowest BCUT2D eigenvalue weighted by Crippen LogP contribution is -2.15. The normalized spacial score (nSPS) is 12.6. The van der Waals surface area contributed by atoms with E-state index in [1.165, 1.54) is 7.11 Å². The molecular weight excluding hydrogens is 189 g/mol. The monoisotopic (exact) mass is 201 g/mol. The highest BCUT2D eigenvalue weighted by Gasteiger charge is 2.15. The van der Waals surface area contributed by atoms with Gasteiger partial charge in [0.15, 0.2) is 11.5 Å². The summed E-state index contributed by atoms with van der Waals surface area (Å²) in [5, 5.41) is 18.3. The highest BCUT2D eigenvalue weighted by atomic mass is 19.1. The van der Waals surface area contributed by atoms with E-state index in [0.29, 0.717) is 0 Å². The molecule has 14 heavy (non-hydrogen) atoms. The van der Waals surface area contributed by atoms with Crippen LogP contribution >= 0.6 is 0 Å². The first-order valence-electron chi connectivity index (χ1n) is 4.03. The SMILES string of the molecule is COc1cc(F)cc(C(N)CO)c1O. The predicted octanol–water partition coefficient (Wildman–Crippen LogP) is 0.532. The third kappa shape index (κ3) is 1.94. The van der Waals surface area contributed by atoms with Crippen LogP contribution in [0.1, 0.15) is 11.6 Å². The molecule has 0 aliphatic heterocycles. The van der Waals surface area contributed by atoms with Crippen molar-refractivity contribution in [3.8, 4) is 11.5 Å². The Morgan fingerprint density at radius 3 is 2.71 bits per heavy atom. The average Bonchev–Trinajstić information content (AvgIpc) is 2.19. The molecule has 0 bridgehead atoms. The molecule has 4 nitrogen and oxygen atoms in total. The molecule has 0 aromatic heterocycles. The number of methoxy groups -OCH3 is 1. The molecule has 0 fully saturated rings. The lowest BCUT2D eigenvalue weighted by molar-refractivity contribution is 0.263. The Morgan fingerprint density at radius 1 is 1.57 bits per heavy atom. The molecule has 1 atom stereocenters. The fraction of sp³-hybridized carbons (Fsp3) is 0.333. The van der Waals surface area contributed by atoms with Crippen molar-refractivity contribution in [1.29, 1.82) is 0 Å². The Hall–Kier alpha value is -1.33. The van der Waals surface area contributed by atoms with Crippen LogP contribution < -0.4 is 10.5 Å². The van der Waals surface area contributed by atoms with Crippen LogP contribution in [0.3, 0.4) is 0 Å². The summed E-state index contributed by atoms with van der Waals surface area (Å²) in [4.78, 5) is 0. The van der Waals surface area contributed by atoms with Gasteiger partial charge in [-0.3, -0.25) is 0 Å². The second-order valence-electron chi connectivity index (χ2n) is 2.83. The lowest BCUT2D eigenvalue weighted by atomic mass is 10.1. The minimum atomic E-state index is -0.820. The fourth-order valence-electron chi connectivity index (χ4n) is 1.13. The number of aliphatic hydroxyl groups excluding tert-OH is 1. The van der Waals surface area contributed by atoms with Crippen molar-refractivity contribution in [3.05, 3.63) is 23.5 Å². The van der Waals surface area contributed by atoms with Gasteiger partial charge in [0.25, 0.3) is 0 Å². The van der Waals surface area contributed by atoms with Gasteiger partial charge in [0, 0.05) is 11.6 Å². The number of phenols is 1. The van der Waals surface area contributed by atoms with E-state index in [9.17, 15) is 9.50 Å². The topological polar surface area (TPSA) is 75.7 Å². The van der Waals surface area contributed by atoms with Crippen molar-refractivity contribution in [2.24, 2.45) is 5.73 Å². The highest BCUT2D eigenvalue weighted by molar-refractivity contribution is 5.47. The number of ether oxygens (including phenoxy) is 1. The largest absolute Gasteiger partial charge is 0.504 e. The molecule has 0 aliphatic carbocycles. The maximum atomic E-state index is 13.0. The van der Waals surface area contributed by atoms with Gasteiger partial charge in [0.2, 0.25) is 0 Å². The van der Waals surface area contributed by atoms with Crippen LogP contribution in [-0.4, -0.2) is 23.9 Å². The maximum Gasteiger partial charge on any atom is 0.163 e. The summed E-state index contributed by atoms with van der Waals surface area (Å²) in [5.74, 6) is -0.807. The molecule has 0 radical (unpaired) electrons. The number of benzene rings is 1. The molecule has 0 heterocycles. The molecule has 0 spiro atoms. The zero-order valence-corrected chi connectivity index (χ0v) is 7.70. The number of halogens is 1. The molecule has 4 N–H and O–H groups in total. The zero-order valence-electron chi connectivity index (χ0n) is 7.70. The Kier molecular flexibility index (Phi) is 3.27. The van der Waals surface area contributed by atoms with E-state index in [1.54, 1.807) is 0 Å². The van der Waals surface area contributed by atoms with Crippen LogP contribution in [0.25, 0.3) is 0 Å². The minimum absolute atomic E-state index is 0.00361. The van der Waals surface area contributed by atoms with Gasteiger partial charge in [-0.2, -0.15) is 0 Å². The van der Waals surface area contributed by atoms with Gasteiger partial charge in [0.05, 0.1) is 19.8 Å². The molecule has 5 heteroatoms. The number of nitrogens with two attached hydrogens (primary N) is 1. The summed E-state index contributed by atoms with van der Waals surface area (Å²) < 4.78 is 17.7. The van der Waals surface area contributed by atoms with Gasteiger partial charge < -0.3 is 20.7 Å². The number of phenolic OH excluding ortho intramolecular Hbond substituents is 1. The van der Waals surface area contributed by atoms with Gasteiger partial charge in [-0.15, -0.1) is 0 Å². The number of hydrogen-bond acceptors (Lipinski definition) is 4. The van der Waals surface area contributed by atoms with E-state index in [4.69, 9.17) is 15.6 Å². The van der Waals surface area contributed by atoms with E-state index in [1.807, 2.05) is 0 Å². The molecular formula is C9H12FNO3. The number of rotatable bonds is 3. The first-order chi connectivity index (χ1) is 6.60. The summed E-state index contributed by atoms with van der Waals surface area (Å²) in [7, 11) is 1.31. The average molecular weight is 201 g/mol. The molecule has 1 rings (SSSR count). The third-order valence-corrected chi connectivity index (χ3v) is 1.89. The first kappa shape index (κ1) is 10.7. The summed E-state index contributed by atoms with van der Waals surface area (Å²) in [6, 6.07) is 1.29. The molecule has 0 amide bonds. The Balaban J connectivity index is 3.21. The van der Waals surface area contributed by atoms with E-state index in [-0.39, 0.29) is 23.7 Å². The van der Waals surface area contributed by atoms with Crippen LogP contribution in [-0.2, 0) is 0 Å². The second kappa shape index (κ2) is 4.26. The van der Waals surface area contributed by atoms with Gasteiger partial charge in [-0.1, -0.05) is 0 Å². The Bertz CT molecular complexity index is 330. The van der Waals surface area contributed by atoms with Gasteiger partial charge in [-0.25, -0.2) is 4.39 Å². The molecule has 0 saturated carbocycles. The number of aromatic hydroxyl groups is 1. The fourth-order valence-corrected chi connectivity index (χ4v) is 1.13. The first-order valence-corrected chi connectivity index (χ1v) is 4.03. The number of hydrogen-bond donors (Lipinski definition) is 3. The third-order valence-electron chi connectivity index (χ3n) is 1.89. The molecule has 0 saturated heterocycles. The van der Waals surface area contributed by atoms with Crippen molar-refractivity contribution in [2.75, 3.05) is 13.7 Å². The maximum absolute atomic E-state index is 13.0. The van der Waals surface area contributed by atoms with E-state index in [0.717, 1.165) is 12.1 Å². The Morgan fingerprint density at radius 2 is 2.21 bits per heavy atom. The van der Waals surface area contributed by atoms with E-state index in [2.05, 4.69) is 0 Å². The lowest BCUT2D eigenvalue weighted by Gasteiger charge is -2.13. The van der Waals surface area contributed by atoms with E-state index >= 15 is 0 Å². The Labute approximate surface area is 80.7 Å². The summed E-state index contributed by atoms with van der Waals surface area (Å²) in [5.41, 5.74) is 5.58. The van der Waals surface area contributed by atoms with Crippen molar-refractivity contribution in [1.82, 2.24) is 0 Å². The molecule has 1 aromatic rings. The second-order valence-corrected chi connectivity index (χ2v) is 2.83. The van der Waals surface area contributed by atoms with Crippen molar-refractivity contribution in [2.45, 2.75) is 6.04 Å².